The lowest BCUT2D eigenvalue weighted by molar-refractivity contribution is 0.102. The van der Waals surface area contributed by atoms with Crippen molar-refractivity contribution in [3.63, 3.8) is 0 Å². The van der Waals surface area contributed by atoms with Crippen LogP contribution in [0.5, 0.6) is 0 Å². The lowest BCUT2D eigenvalue weighted by atomic mass is 10.2. The quantitative estimate of drug-likeness (QED) is 0.613. The van der Waals surface area contributed by atoms with E-state index >= 15 is 0 Å². The monoisotopic (exact) mass is 408 g/mol. The van der Waals surface area contributed by atoms with Crippen molar-refractivity contribution < 1.29 is 13.2 Å². The number of carbonyl (C=O) groups excluding carboxylic acids is 1. The molecule has 1 aromatic heterocycles. The van der Waals surface area contributed by atoms with Gasteiger partial charge in [0.15, 0.2) is 0 Å². The number of aromatic nitrogens is 2. The summed E-state index contributed by atoms with van der Waals surface area (Å²) in [5.74, 6) is 1.85. The third kappa shape index (κ3) is 4.54. The number of hydrogen-bond donors (Lipinski definition) is 2. The van der Waals surface area contributed by atoms with E-state index in [9.17, 15) is 13.2 Å². The zero-order valence-corrected chi connectivity index (χ0v) is 16.8. The lowest BCUT2D eigenvalue weighted by Gasteiger charge is -2.13. The fourth-order valence-electron chi connectivity index (χ4n) is 2.84. The predicted molar refractivity (Wildman–Crippen MR) is 111 cm³/mol. The summed E-state index contributed by atoms with van der Waals surface area (Å²) >= 11 is 0. The van der Waals surface area contributed by atoms with Gasteiger partial charge in [0, 0.05) is 11.3 Å². The highest BCUT2D eigenvalue weighted by Gasteiger charge is 2.15. The summed E-state index contributed by atoms with van der Waals surface area (Å²) < 4.78 is 28.2. The normalized spacial score (nSPS) is 11.1. The molecule has 0 aliphatic heterocycles. The Balaban J connectivity index is 1.83. The first kappa shape index (κ1) is 20.3. The molecule has 0 saturated heterocycles. The van der Waals surface area contributed by atoms with E-state index in [4.69, 9.17) is 6.42 Å². The molecule has 0 radical (unpaired) electrons. The lowest BCUT2D eigenvalue weighted by Crippen LogP contribution is -2.24. The maximum absolute atomic E-state index is 12.7. The zero-order valence-electron chi connectivity index (χ0n) is 16.0. The number of nitrogens with one attached hydrogen (secondary N) is 2. The first-order chi connectivity index (χ1) is 13.8. The minimum atomic E-state index is -3.70. The van der Waals surface area contributed by atoms with Crippen LogP contribution < -0.4 is 10.0 Å². The van der Waals surface area contributed by atoms with Crippen LogP contribution in [0.15, 0.2) is 59.5 Å². The molecule has 0 atom stereocenters. The number of aryl methyl sites for hydroxylation is 2. The molecule has 148 valence electrons. The molecule has 3 aromatic rings. The third-order valence-electron chi connectivity index (χ3n) is 4.18. The smallest absolute Gasteiger partial charge is 0.255 e. The van der Waals surface area contributed by atoms with Crippen molar-refractivity contribution in [2.45, 2.75) is 18.7 Å². The summed E-state index contributed by atoms with van der Waals surface area (Å²) in [4.78, 5) is 12.7. The Morgan fingerprint density at radius 2 is 1.83 bits per heavy atom. The highest BCUT2D eigenvalue weighted by atomic mass is 32.2. The molecule has 2 N–H and O–H groups in total. The highest BCUT2D eigenvalue weighted by molar-refractivity contribution is 7.89. The van der Waals surface area contributed by atoms with E-state index in [0.717, 1.165) is 17.1 Å². The van der Waals surface area contributed by atoms with Crippen molar-refractivity contribution in [2.24, 2.45) is 0 Å². The van der Waals surface area contributed by atoms with Gasteiger partial charge in [-0.15, -0.1) is 6.42 Å². The van der Waals surface area contributed by atoms with E-state index in [1.165, 1.54) is 24.3 Å². The molecule has 0 bridgehead atoms. The zero-order chi connectivity index (χ0) is 21.0. The predicted octanol–water partition coefficient (Wildman–Crippen LogP) is 2.65. The van der Waals surface area contributed by atoms with Crippen LogP contribution in [0.2, 0.25) is 0 Å². The molecule has 2 aromatic carbocycles. The number of amides is 1. The van der Waals surface area contributed by atoms with Crippen molar-refractivity contribution in [1.82, 2.24) is 14.5 Å². The molecule has 0 aliphatic carbocycles. The highest BCUT2D eigenvalue weighted by Crippen LogP contribution is 2.22. The number of sulfonamides is 1. The van der Waals surface area contributed by atoms with E-state index in [-0.39, 0.29) is 17.3 Å². The Morgan fingerprint density at radius 1 is 1.14 bits per heavy atom. The second-order valence-electron chi connectivity index (χ2n) is 6.36. The number of hydrogen-bond acceptors (Lipinski definition) is 4. The summed E-state index contributed by atoms with van der Waals surface area (Å²) in [5.41, 5.74) is 3.47. The van der Waals surface area contributed by atoms with Crippen LogP contribution in [0, 0.1) is 26.2 Å². The molecule has 1 amide bonds. The SMILES string of the molecule is C#CCNS(=O)(=O)c1ccc(C(=O)Nc2ccccc2-n2nc(C)cc2C)cc1. The van der Waals surface area contributed by atoms with Crippen molar-refractivity contribution in [2.75, 3.05) is 11.9 Å². The molecule has 29 heavy (non-hydrogen) atoms. The van der Waals surface area contributed by atoms with Crippen molar-refractivity contribution >= 4 is 21.6 Å². The Kier molecular flexibility index (Phi) is 5.82. The summed E-state index contributed by atoms with van der Waals surface area (Å²) in [6, 6.07) is 14.9. The van der Waals surface area contributed by atoms with Crippen molar-refractivity contribution in [1.29, 1.82) is 0 Å². The maximum Gasteiger partial charge on any atom is 0.255 e. The van der Waals surface area contributed by atoms with Gasteiger partial charge in [-0.2, -0.15) is 9.82 Å². The van der Waals surface area contributed by atoms with E-state index in [1.807, 2.05) is 38.1 Å². The number of nitrogens with zero attached hydrogens (tertiary/aromatic N) is 2. The van der Waals surface area contributed by atoms with Crippen LogP contribution in [-0.4, -0.2) is 30.7 Å². The first-order valence-corrected chi connectivity index (χ1v) is 10.3. The maximum atomic E-state index is 12.7. The molecule has 0 spiro atoms. The first-order valence-electron chi connectivity index (χ1n) is 8.79. The van der Waals surface area contributed by atoms with E-state index in [1.54, 1.807) is 10.7 Å². The number of rotatable bonds is 6. The van der Waals surface area contributed by atoms with Crippen LogP contribution in [0.25, 0.3) is 5.69 Å². The van der Waals surface area contributed by atoms with E-state index in [2.05, 4.69) is 21.1 Å². The van der Waals surface area contributed by atoms with Gasteiger partial charge in [0.05, 0.1) is 28.5 Å². The summed E-state index contributed by atoms with van der Waals surface area (Å²) in [7, 11) is -3.70. The molecule has 0 unspecified atom stereocenters. The molecule has 8 heteroatoms. The second-order valence-corrected chi connectivity index (χ2v) is 8.13. The fraction of sp³-hybridized carbons (Fsp3) is 0.143. The summed E-state index contributed by atoms with van der Waals surface area (Å²) in [5, 5.41) is 7.32. The Bertz CT molecular complexity index is 1190. The molecule has 1 heterocycles. The number of terminal acetylenes is 1. The molecule has 3 rings (SSSR count). The fourth-order valence-corrected chi connectivity index (χ4v) is 3.77. The number of carbonyl (C=O) groups is 1. The summed E-state index contributed by atoms with van der Waals surface area (Å²) in [6.45, 7) is 3.73. The van der Waals surface area contributed by atoms with Gasteiger partial charge in [0.2, 0.25) is 10.0 Å². The Labute approximate surface area is 169 Å². The van der Waals surface area contributed by atoms with Gasteiger partial charge < -0.3 is 5.32 Å². The van der Waals surface area contributed by atoms with Gasteiger partial charge in [-0.25, -0.2) is 13.1 Å². The Morgan fingerprint density at radius 3 is 2.45 bits per heavy atom. The van der Waals surface area contributed by atoms with Crippen LogP contribution in [0.1, 0.15) is 21.7 Å². The molecule has 0 aliphatic rings. The average molecular weight is 408 g/mol. The van der Waals surface area contributed by atoms with Crippen molar-refractivity contribution in [3.05, 3.63) is 71.5 Å². The minimum Gasteiger partial charge on any atom is -0.320 e. The summed E-state index contributed by atoms with van der Waals surface area (Å²) in [6.07, 6.45) is 5.08. The van der Waals surface area contributed by atoms with Crippen LogP contribution >= 0.6 is 0 Å². The van der Waals surface area contributed by atoms with Gasteiger partial charge >= 0.3 is 0 Å². The second kappa shape index (κ2) is 8.31. The van der Waals surface area contributed by atoms with Crippen LogP contribution in [-0.2, 0) is 10.0 Å². The van der Waals surface area contributed by atoms with E-state index in [0.29, 0.717) is 11.3 Å². The van der Waals surface area contributed by atoms with Gasteiger partial charge in [-0.3, -0.25) is 4.79 Å². The topological polar surface area (TPSA) is 93.1 Å². The van der Waals surface area contributed by atoms with Crippen LogP contribution in [0.3, 0.4) is 0 Å². The number of benzene rings is 2. The number of para-hydroxylation sites is 2. The van der Waals surface area contributed by atoms with Crippen LogP contribution in [0.4, 0.5) is 5.69 Å². The van der Waals surface area contributed by atoms with Gasteiger partial charge in [0.1, 0.15) is 0 Å². The van der Waals surface area contributed by atoms with E-state index < -0.39 is 10.0 Å². The van der Waals surface area contributed by atoms with Gasteiger partial charge in [-0.1, -0.05) is 18.1 Å². The average Bonchev–Trinajstić information content (AvgIpc) is 3.04. The van der Waals surface area contributed by atoms with Gasteiger partial charge in [0.25, 0.3) is 5.91 Å². The molecular formula is C21H20N4O3S. The standard InChI is InChI=1S/C21H20N4O3S/c1-4-13-22-29(27,28)18-11-9-17(10-12-18)21(26)23-19-7-5-6-8-20(19)25-16(3)14-15(2)24-25/h1,5-12,14,22H,13H2,2-3H3,(H,23,26). The number of anilines is 1. The largest absolute Gasteiger partial charge is 0.320 e. The molecule has 7 nitrogen and oxygen atoms in total. The molecule has 0 saturated carbocycles. The minimum absolute atomic E-state index is 0.0346. The molecular weight excluding hydrogens is 388 g/mol. The van der Waals surface area contributed by atoms with Crippen molar-refractivity contribution in [3.8, 4) is 18.0 Å². The molecule has 0 fully saturated rings. The third-order valence-corrected chi connectivity index (χ3v) is 5.60. The van der Waals surface area contributed by atoms with Gasteiger partial charge in [-0.05, 0) is 56.3 Å². The Hall–Kier alpha value is -3.41.